The summed E-state index contributed by atoms with van der Waals surface area (Å²) >= 11 is 15.2. The molecule has 144 valence electrons. The summed E-state index contributed by atoms with van der Waals surface area (Å²) < 4.78 is 16.9. The zero-order valence-corrected chi connectivity index (χ0v) is 17.7. The first-order chi connectivity index (χ1) is 12.9. The quantitative estimate of drug-likeness (QED) is 0.444. The average Bonchev–Trinajstić information content (AvgIpc) is 2.63. The van der Waals surface area contributed by atoms with Crippen LogP contribution in [0.25, 0.3) is 0 Å². The number of benzene rings is 2. The zero-order chi connectivity index (χ0) is 19.8. The molecule has 1 amide bonds. The lowest BCUT2D eigenvalue weighted by Crippen LogP contribution is -2.24. The summed E-state index contributed by atoms with van der Waals surface area (Å²) in [5.74, 6) is 1.09. The summed E-state index contributed by atoms with van der Waals surface area (Å²) in [4.78, 5) is 11.8. The van der Waals surface area contributed by atoms with Crippen molar-refractivity contribution < 1.29 is 19.0 Å². The van der Waals surface area contributed by atoms with Crippen molar-refractivity contribution >= 4 is 51.3 Å². The summed E-state index contributed by atoms with van der Waals surface area (Å²) in [6.07, 6.45) is 1.48. The van der Waals surface area contributed by atoms with Gasteiger partial charge in [-0.15, -0.1) is 0 Å². The maximum atomic E-state index is 11.8. The summed E-state index contributed by atoms with van der Waals surface area (Å²) in [6.45, 7) is 2.15. The number of methoxy groups -OCH3 is 1. The molecule has 2 aromatic rings. The Balaban J connectivity index is 1.94. The van der Waals surface area contributed by atoms with Crippen LogP contribution in [0.5, 0.6) is 17.2 Å². The third-order valence-corrected chi connectivity index (χ3v) is 4.32. The molecule has 0 radical (unpaired) electrons. The molecule has 27 heavy (non-hydrogen) atoms. The van der Waals surface area contributed by atoms with E-state index < -0.39 is 5.91 Å². The van der Waals surface area contributed by atoms with Crippen molar-refractivity contribution in [3.8, 4) is 17.2 Å². The first kappa shape index (κ1) is 21.3. The highest BCUT2D eigenvalue weighted by molar-refractivity contribution is 9.10. The Morgan fingerprint density at radius 1 is 1.22 bits per heavy atom. The molecule has 0 aromatic heterocycles. The SMILES string of the molecule is CCOc1c(Br)cc(/C=N/NC(=O)COc2ccc(Cl)cc2Cl)cc1OC. The van der Waals surface area contributed by atoms with Crippen LogP contribution in [0.1, 0.15) is 12.5 Å². The van der Waals surface area contributed by atoms with Crippen molar-refractivity contribution in [2.24, 2.45) is 5.10 Å². The standard InChI is InChI=1S/C18H17BrCl2N2O4/c1-3-26-18-13(19)6-11(7-16(18)25-2)9-22-23-17(24)10-27-15-5-4-12(20)8-14(15)21/h4-9H,3,10H2,1-2H3,(H,23,24)/b22-9+. The van der Waals surface area contributed by atoms with E-state index in [2.05, 4.69) is 26.5 Å². The van der Waals surface area contributed by atoms with Gasteiger partial charge in [0, 0.05) is 5.02 Å². The zero-order valence-electron chi connectivity index (χ0n) is 14.6. The van der Waals surface area contributed by atoms with Crippen LogP contribution in [0.4, 0.5) is 0 Å². The van der Waals surface area contributed by atoms with Gasteiger partial charge in [-0.2, -0.15) is 5.10 Å². The van der Waals surface area contributed by atoms with Crippen LogP contribution in [0.2, 0.25) is 10.0 Å². The fraction of sp³-hybridized carbons (Fsp3) is 0.222. The molecule has 0 heterocycles. The van der Waals surface area contributed by atoms with Gasteiger partial charge in [-0.25, -0.2) is 5.43 Å². The molecule has 0 atom stereocenters. The molecule has 2 rings (SSSR count). The van der Waals surface area contributed by atoms with Gasteiger partial charge in [0.25, 0.3) is 5.91 Å². The molecule has 0 aliphatic carbocycles. The summed E-state index contributed by atoms with van der Waals surface area (Å²) in [6, 6.07) is 8.29. The minimum atomic E-state index is -0.436. The third kappa shape index (κ3) is 6.30. The minimum absolute atomic E-state index is 0.241. The van der Waals surface area contributed by atoms with E-state index >= 15 is 0 Å². The Bertz CT molecular complexity index is 846. The number of halogens is 3. The highest BCUT2D eigenvalue weighted by Gasteiger charge is 2.11. The van der Waals surface area contributed by atoms with Crippen molar-refractivity contribution in [3.05, 3.63) is 50.4 Å². The van der Waals surface area contributed by atoms with E-state index in [4.69, 9.17) is 37.4 Å². The average molecular weight is 476 g/mol. The maximum Gasteiger partial charge on any atom is 0.277 e. The van der Waals surface area contributed by atoms with Gasteiger partial charge in [0.05, 0.1) is 29.4 Å². The largest absolute Gasteiger partial charge is 0.493 e. The van der Waals surface area contributed by atoms with Crippen molar-refractivity contribution in [2.75, 3.05) is 20.3 Å². The molecule has 0 aliphatic heterocycles. The van der Waals surface area contributed by atoms with Crippen LogP contribution in [-0.2, 0) is 4.79 Å². The minimum Gasteiger partial charge on any atom is -0.493 e. The molecule has 0 unspecified atom stereocenters. The number of carbonyl (C=O) groups excluding carboxylic acids is 1. The number of hydrogen-bond acceptors (Lipinski definition) is 5. The van der Waals surface area contributed by atoms with Gasteiger partial charge in [0.2, 0.25) is 0 Å². The molecular formula is C18H17BrCl2N2O4. The summed E-state index contributed by atoms with van der Waals surface area (Å²) in [5.41, 5.74) is 3.09. The fourth-order valence-corrected chi connectivity index (χ4v) is 3.08. The van der Waals surface area contributed by atoms with Crippen LogP contribution in [0.15, 0.2) is 39.9 Å². The predicted octanol–water partition coefficient (Wildman–Crippen LogP) is 4.69. The summed E-state index contributed by atoms with van der Waals surface area (Å²) in [5, 5.41) is 4.72. The Morgan fingerprint density at radius 2 is 2.00 bits per heavy atom. The van der Waals surface area contributed by atoms with Crippen LogP contribution in [0.3, 0.4) is 0 Å². The lowest BCUT2D eigenvalue weighted by Gasteiger charge is -2.12. The highest BCUT2D eigenvalue weighted by atomic mass is 79.9. The van der Waals surface area contributed by atoms with Crippen molar-refractivity contribution in [1.82, 2.24) is 5.43 Å². The first-order valence-electron chi connectivity index (χ1n) is 7.84. The molecule has 0 spiro atoms. The van der Waals surface area contributed by atoms with E-state index in [1.165, 1.54) is 12.3 Å². The molecule has 0 fully saturated rings. The molecule has 0 saturated heterocycles. The van der Waals surface area contributed by atoms with Crippen molar-refractivity contribution in [1.29, 1.82) is 0 Å². The van der Waals surface area contributed by atoms with Gasteiger partial charge in [-0.05, 0) is 58.7 Å². The number of ether oxygens (including phenoxy) is 3. The molecule has 1 N–H and O–H groups in total. The van der Waals surface area contributed by atoms with E-state index in [0.29, 0.717) is 39.5 Å². The van der Waals surface area contributed by atoms with Gasteiger partial charge in [-0.3, -0.25) is 4.79 Å². The van der Waals surface area contributed by atoms with Gasteiger partial charge >= 0.3 is 0 Å². The molecule has 2 aromatic carbocycles. The second-order valence-electron chi connectivity index (χ2n) is 5.12. The van der Waals surface area contributed by atoms with Crippen LogP contribution in [-0.4, -0.2) is 32.4 Å². The highest BCUT2D eigenvalue weighted by Crippen LogP contribution is 2.36. The molecule has 0 bridgehead atoms. The van der Waals surface area contributed by atoms with Gasteiger partial charge < -0.3 is 14.2 Å². The van der Waals surface area contributed by atoms with Crippen LogP contribution < -0.4 is 19.6 Å². The molecule has 9 heteroatoms. The Kier molecular flexibility index (Phi) is 8.22. The van der Waals surface area contributed by atoms with Crippen molar-refractivity contribution in [3.63, 3.8) is 0 Å². The normalized spacial score (nSPS) is 10.7. The number of amides is 1. The van der Waals surface area contributed by atoms with Gasteiger partial charge in [0.1, 0.15) is 5.75 Å². The number of hydrogen-bond donors (Lipinski definition) is 1. The van der Waals surface area contributed by atoms with Crippen LogP contribution in [0, 0.1) is 0 Å². The van der Waals surface area contributed by atoms with Gasteiger partial charge in [0.15, 0.2) is 18.1 Å². The fourth-order valence-electron chi connectivity index (χ4n) is 2.05. The topological polar surface area (TPSA) is 69.2 Å². The number of nitrogens with zero attached hydrogens (tertiary/aromatic N) is 1. The maximum absolute atomic E-state index is 11.8. The Morgan fingerprint density at radius 3 is 2.67 bits per heavy atom. The monoisotopic (exact) mass is 474 g/mol. The third-order valence-electron chi connectivity index (χ3n) is 3.20. The number of rotatable bonds is 8. The Hall–Kier alpha value is -1.96. The Labute approximate surface area is 175 Å². The number of hydrazone groups is 1. The van der Waals surface area contributed by atoms with E-state index in [9.17, 15) is 4.79 Å². The second-order valence-corrected chi connectivity index (χ2v) is 6.82. The van der Waals surface area contributed by atoms with E-state index in [1.807, 2.05) is 6.92 Å². The van der Waals surface area contributed by atoms with Crippen molar-refractivity contribution in [2.45, 2.75) is 6.92 Å². The molecule has 6 nitrogen and oxygen atoms in total. The smallest absolute Gasteiger partial charge is 0.277 e. The lowest BCUT2D eigenvalue weighted by molar-refractivity contribution is -0.123. The number of nitrogens with one attached hydrogen (secondary N) is 1. The molecule has 0 saturated carbocycles. The molecular weight excluding hydrogens is 459 g/mol. The predicted molar refractivity (Wildman–Crippen MR) is 110 cm³/mol. The number of carbonyl (C=O) groups is 1. The molecule has 0 aliphatic rings. The van der Waals surface area contributed by atoms with Crippen LogP contribution >= 0.6 is 39.1 Å². The van der Waals surface area contributed by atoms with E-state index in [1.54, 1.807) is 31.4 Å². The van der Waals surface area contributed by atoms with Gasteiger partial charge in [-0.1, -0.05) is 23.2 Å². The van der Waals surface area contributed by atoms with E-state index in [0.717, 1.165) is 4.47 Å². The summed E-state index contributed by atoms with van der Waals surface area (Å²) in [7, 11) is 1.55. The first-order valence-corrected chi connectivity index (χ1v) is 9.39. The van der Waals surface area contributed by atoms with E-state index in [-0.39, 0.29) is 6.61 Å². The lowest BCUT2D eigenvalue weighted by atomic mass is 10.2. The second kappa shape index (κ2) is 10.4.